The molecule has 0 unspecified atom stereocenters. The highest BCUT2D eigenvalue weighted by Crippen LogP contribution is 2.32. The molecule has 0 amide bonds. The fraction of sp³-hybridized carbons (Fsp3) is 0.471. The SMILES string of the molecule is CCOC(=O)C(CC(=O)O)(Cc1ccc(Cl)c(C)c1)C(=O)OCC. The molecule has 0 saturated carbocycles. The number of carbonyl (C=O) groups is 3. The number of carboxylic acids is 1. The van der Waals surface area contributed by atoms with Gasteiger partial charge in [-0.1, -0.05) is 23.7 Å². The third kappa shape index (κ3) is 4.71. The lowest BCUT2D eigenvalue weighted by molar-refractivity contribution is -0.176. The molecule has 0 aliphatic rings. The number of ether oxygens (including phenoxy) is 2. The van der Waals surface area contributed by atoms with E-state index in [4.69, 9.17) is 21.1 Å². The maximum Gasteiger partial charge on any atom is 0.324 e. The van der Waals surface area contributed by atoms with E-state index in [1.165, 1.54) is 0 Å². The van der Waals surface area contributed by atoms with Crippen LogP contribution in [0.1, 0.15) is 31.4 Å². The van der Waals surface area contributed by atoms with Gasteiger partial charge in [0.05, 0.1) is 19.6 Å². The van der Waals surface area contributed by atoms with Crippen LogP contribution in [0.2, 0.25) is 5.02 Å². The molecule has 0 heterocycles. The summed E-state index contributed by atoms with van der Waals surface area (Å²) in [6.45, 7) is 5.00. The monoisotopic (exact) mass is 356 g/mol. The Kier molecular flexibility index (Phi) is 7.22. The number of halogens is 1. The van der Waals surface area contributed by atoms with Gasteiger partial charge in [0.1, 0.15) is 0 Å². The third-order valence-electron chi connectivity index (χ3n) is 3.51. The van der Waals surface area contributed by atoms with E-state index in [0.717, 1.165) is 5.56 Å². The molecule has 1 N–H and O–H groups in total. The summed E-state index contributed by atoms with van der Waals surface area (Å²) < 4.78 is 9.95. The summed E-state index contributed by atoms with van der Waals surface area (Å²) in [6, 6.07) is 4.98. The third-order valence-corrected chi connectivity index (χ3v) is 3.94. The maximum atomic E-state index is 12.5. The van der Waals surface area contributed by atoms with Crippen molar-refractivity contribution < 1.29 is 29.0 Å². The number of carbonyl (C=O) groups excluding carboxylic acids is 2. The second-order valence-electron chi connectivity index (χ2n) is 5.35. The van der Waals surface area contributed by atoms with Gasteiger partial charge in [0.2, 0.25) is 0 Å². The summed E-state index contributed by atoms with van der Waals surface area (Å²) in [5.74, 6) is -3.10. The van der Waals surface area contributed by atoms with Crippen LogP contribution in [0.15, 0.2) is 18.2 Å². The quantitative estimate of drug-likeness (QED) is 0.569. The first kappa shape index (κ1) is 20.0. The standard InChI is InChI=1S/C17H21ClO6/c1-4-23-15(21)17(10-14(19)20,16(22)24-5-2)9-12-6-7-13(18)11(3)8-12/h6-8H,4-5,9-10H2,1-3H3,(H,19,20). The van der Waals surface area contributed by atoms with Crippen molar-refractivity contribution in [2.45, 2.75) is 33.6 Å². The van der Waals surface area contributed by atoms with Crippen molar-refractivity contribution in [3.63, 3.8) is 0 Å². The molecule has 132 valence electrons. The molecule has 0 spiro atoms. The van der Waals surface area contributed by atoms with Gasteiger partial charge < -0.3 is 14.6 Å². The van der Waals surface area contributed by atoms with E-state index in [-0.39, 0.29) is 19.6 Å². The van der Waals surface area contributed by atoms with Crippen molar-refractivity contribution in [3.05, 3.63) is 34.3 Å². The summed E-state index contributed by atoms with van der Waals surface area (Å²) >= 11 is 5.98. The number of esters is 2. The Bertz CT molecular complexity index is 608. The predicted octanol–water partition coefficient (Wildman–Crippen LogP) is 2.78. The second kappa shape index (κ2) is 8.68. The average Bonchev–Trinajstić information content (AvgIpc) is 2.50. The molecule has 0 aliphatic carbocycles. The number of carboxylic acid groups (broad SMARTS) is 1. The summed E-state index contributed by atoms with van der Waals surface area (Å²) in [5.41, 5.74) is -0.580. The molecule has 7 heteroatoms. The van der Waals surface area contributed by atoms with Crippen molar-refractivity contribution in [1.82, 2.24) is 0 Å². The topological polar surface area (TPSA) is 89.9 Å². The number of benzene rings is 1. The molecule has 6 nitrogen and oxygen atoms in total. The molecule has 1 aromatic carbocycles. The van der Waals surface area contributed by atoms with Crippen LogP contribution in [-0.2, 0) is 30.3 Å². The highest BCUT2D eigenvalue weighted by Gasteiger charge is 2.50. The Morgan fingerprint density at radius 3 is 2.08 bits per heavy atom. The van der Waals surface area contributed by atoms with Crippen LogP contribution in [0.3, 0.4) is 0 Å². The van der Waals surface area contributed by atoms with Crippen molar-refractivity contribution in [1.29, 1.82) is 0 Å². The van der Waals surface area contributed by atoms with E-state index in [0.29, 0.717) is 10.6 Å². The van der Waals surface area contributed by atoms with Crippen molar-refractivity contribution in [2.24, 2.45) is 5.41 Å². The first-order valence-corrected chi connectivity index (χ1v) is 7.95. The lowest BCUT2D eigenvalue weighted by Gasteiger charge is -2.28. The molecule has 1 aromatic rings. The molecular formula is C17H21ClO6. The first-order valence-electron chi connectivity index (χ1n) is 7.58. The van der Waals surface area contributed by atoms with E-state index in [1.54, 1.807) is 39.0 Å². The van der Waals surface area contributed by atoms with Crippen molar-refractivity contribution in [2.75, 3.05) is 13.2 Å². The molecular weight excluding hydrogens is 336 g/mol. The Morgan fingerprint density at radius 2 is 1.67 bits per heavy atom. The fourth-order valence-electron chi connectivity index (χ4n) is 2.40. The molecule has 0 bridgehead atoms. The average molecular weight is 357 g/mol. The van der Waals surface area contributed by atoms with Crippen LogP contribution < -0.4 is 0 Å². The Hall–Kier alpha value is -2.08. The van der Waals surface area contributed by atoms with Gasteiger partial charge in [-0.3, -0.25) is 14.4 Å². The van der Waals surface area contributed by atoms with E-state index in [1.807, 2.05) is 0 Å². The number of hydrogen-bond donors (Lipinski definition) is 1. The van der Waals surface area contributed by atoms with Crippen LogP contribution >= 0.6 is 11.6 Å². The van der Waals surface area contributed by atoms with Crippen LogP contribution in [-0.4, -0.2) is 36.2 Å². The second-order valence-corrected chi connectivity index (χ2v) is 5.76. The molecule has 0 radical (unpaired) electrons. The Labute approximate surface area is 145 Å². The highest BCUT2D eigenvalue weighted by molar-refractivity contribution is 6.31. The molecule has 0 saturated heterocycles. The number of hydrogen-bond acceptors (Lipinski definition) is 5. The van der Waals surface area contributed by atoms with Gasteiger partial charge in [-0.05, 0) is 44.4 Å². The van der Waals surface area contributed by atoms with Gasteiger partial charge in [-0.2, -0.15) is 0 Å². The molecule has 0 atom stereocenters. The Balaban J connectivity index is 3.35. The van der Waals surface area contributed by atoms with Crippen LogP contribution in [0, 0.1) is 12.3 Å². The van der Waals surface area contributed by atoms with E-state index < -0.39 is 29.7 Å². The normalized spacial score (nSPS) is 11.0. The molecule has 24 heavy (non-hydrogen) atoms. The summed E-state index contributed by atoms with van der Waals surface area (Å²) in [7, 11) is 0. The largest absolute Gasteiger partial charge is 0.481 e. The number of aryl methyl sites for hydroxylation is 1. The van der Waals surface area contributed by atoms with Crippen molar-refractivity contribution >= 4 is 29.5 Å². The summed E-state index contributed by atoms with van der Waals surface area (Å²) in [4.78, 5) is 36.2. The van der Waals surface area contributed by atoms with Gasteiger partial charge in [0, 0.05) is 5.02 Å². The van der Waals surface area contributed by atoms with E-state index >= 15 is 0 Å². The number of aliphatic carboxylic acids is 1. The molecule has 1 rings (SSSR count). The van der Waals surface area contributed by atoms with Crippen LogP contribution in [0.5, 0.6) is 0 Å². The van der Waals surface area contributed by atoms with E-state index in [2.05, 4.69) is 0 Å². The lowest BCUT2D eigenvalue weighted by Crippen LogP contribution is -2.45. The molecule has 0 aromatic heterocycles. The summed E-state index contributed by atoms with van der Waals surface area (Å²) in [6.07, 6.45) is -0.860. The minimum atomic E-state index is -1.93. The summed E-state index contributed by atoms with van der Waals surface area (Å²) in [5, 5.41) is 9.76. The minimum Gasteiger partial charge on any atom is -0.481 e. The molecule has 0 aliphatic heterocycles. The highest BCUT2D eigenvalue weighted by atomic mass is 35.5. The van der Waals surface area contributed by atoms with Gasteiger partial charge in [-0.25, -0.2) is 0 Å². The zero-order valence-electron chi connectivity index (χ0n) is 13.9. The Morgan fingerprint density at radius 1 is 1.12 bits per heavy atom. The van der Waals surface area contributed by atoms with E-state index in [9.17, 15) is 19.5 Å². The smallest absolute Gasteiger partial charge is 0.324 e. The van der Waals surface area contributed by atoms with Crippen molar-refractivity contribution in [3.8, 4) is 0 Å². The fourth-order valence-corrected chi connectivity index (χ4v) is 2.51. The molecule has 0 fully saturated rings. The van der Waals surface area contributed by atoms with Gasteiger partial charge in [0.15, 0.2) is 5.41 Å². The van der Waals surface area contributed by atoms with Crippen LogP contribution in [0.25, 0.3) is 0 Å². The predicted molar refractivity (Wildman–Crippen MR) is 87.8 cm³/mol. The van der Waals surface area contributed by atoms with Gasteiger partial charge in [-0.15, -0.1) is 0 Å². The lowest BCUT2D eigenvalue weighted by atomic mass is 9.78. The first-order chi connectivity index (χ1) is 11.3. The van der Waals surface area contributed by atoms with Crippen LogP contribution in [0.4, 0.5) is 0 Å². The van der Waals surface area contributed by atoms with Gasteiger partial charge in [0.25, 0.3) is 0 Å². The minimum absolute atomic E-state index is 0.0270. The van der Waals surface area contributed by atoms with Gasteiger partial charge >= 0.3 is 17.9 Å². The maximum absolute atomic E-state index is 12.5. The zero-order chi connectivity index (χ0) is 18.3. The zero-order valence-corrected chi connectivity index (χ0v) is 14.7. The number of rotatable bonds is 8.